The SMILES string of the molecule is CC(=O)OC[C@H]1O[C@@H](C(O)[C@H]2O[C@H](O)[C@H](OC(C)=O)[C@@H](OC(C)=O)[C@@H]2OC(C)=O)[C@H](OC(C)=O)[C@@H](OC(C)=O)[C@H]1OC(C)=O. The Bertz CT molecular complexity index is 1100. The summed E-state index contributed by atoms with van der Waals surface area (Å²) in [6.07, 6.45) is -19.6. The van der Waals surface area contributed by atoms with Crippen LogP contribution in [0.5, 0.6) is 0 Å². The van der Waals surface area contributed by atoms with Crippen molar-refractivity contribution in [1.29, 1.82) is 0 Å². The molecule has 0 radical (unpaired) electrons. The molecule has 11 atom stereocenters. The van der Waals surface area contributed by atoms with Gasteiger partial charge in [0.05, 0.1) is 0 Å². The van der Waals surface area contributed by atoms with Crippen molar-refractivity contribution in [2.45, 2.75) is 116 Å². The monoisotopic (exact) mass is 636 g/mol. The molecule has 2 aliphatic rings. The Morgan fingerprint density at radius 1 is 0.523 bits per heavy atom. The summed E-state index contributed by atoms with van der Waals surface area (Å²) in [5.74, 6) is -6.46. The predicted octanol–water partition coefficient (Wildman–Crippen LogP) is -2.01. The van der Waals surface area contributed by atoms with E-state index in [1.807, 2.05) is 0 Å². The Balaban J connectivity index is 2.68. The molecule has 0 spiro atoms. The van der Waals surface area contributed by atoms with Crippen LogP contribution in [0.2, 0.25) is 0 Å². The maximum absolute atomic E-state index is 12.2. The number of carbonyl (C=O) groups excluding carboxylic acids is 7. The molecule has 0 amide bonds. The molecule has 2 heterocycles. The van der Waals surface area contributed by atoms with Crippen LogP contribution in [0.1, 0.15) is 48.5 Å². The van der Waals surface area contributed by atoms with Crippen molar-refractivity contribution in [3.8, 4) is 0 Å². The normalized spacial score (nSPS) is 32.2. The Morgan fingerprint density at radius 2 is 0.864 bits per heavy atom. The summed E-state index contributed by atoms with van der Waals surface area (Å²) in [5, 5.41) is 22.4. The number of hydrogen-bond donors (Lipinski definition) is 2. The standard InChI is InChI=1S/C26H36O18/c1-9(27)36-8-16-18(37-10(2)28)21(38-11(3)29)22(39-12(4)30)19(43-16)17(34)20-23(40-13(5)31)24(41-14(6)32)25(26(35)44-20)42-15(7)33/h16-26,34-35H,8H2,1-7H3/t16-,17?,18+,19+,20-,21+,22+,23-,24+,25-,26+/m1/s1. The van der Waals surface area contributed by atoms with Gasteiger partial charge >= 0.3 is 41.8 Å². The second kappa shape index (κ2) is 15.7. The van der Waals surface area contributed by atoms with E-state index in [9.17, 15) is 43.8 Å². The van der Waals surface area contributed by atoms with Crippen LogP contribution in [0, 0.1) is 0 Å². The first-order valence-corrected chi connectivity index (χ1v) is 13.3. The van der Waals surface area contributed by atoms with Crippen LogP contribution in [0.3, 0.4) is 0 Å². The molecule has 248 valence electrons. The van der Waals surface area contributed by atoms with Gasteiger partial charge in [-0.1, -0.05) is 0 Å². The zero-order valence-electron chi connectivity index (χ0n) is 25.0. The van der Waals surface area contributed by atoms with Crippen molar-refractivity contribution in [1.82, 2.24) is 0 Å². The molecule has 18 heteroatoms. The lowest BCUT2D eigenvalue weighted by Crippen LogP contribution is -2.70. The van der Waals surface area contributed by atoms with Gasteiger partial charge in [-0.25, -0.2) is 0 Å². The highest BCUT2D eigenvalue weighted by molar-refractivity contribution is 5.69. The van der Waals surface area contributed by atoms with Gasteiger partial charge in [0.25, 0.3) is 0 Å². The lowest BCUT2D eigenvalue weighted by atomic mass is 9.86. The van der Waals surface area contributed by atoms with Crippen LogP contribution < -0.4 is 0 Å². The van der Waals surface area contributed by atoms with Crippen molar-refractivity contribution < 1.29 is 86.4 Å². The number of ether oxygens (including phenoxy) is 9. The van der Waals surface area contributed by atoms with E-state index in [1.54, 1.807) is 0 Å². The first kappa shape index (κ1) is 36.3. The molecule has 2 fully saturated rings. The molecule has 1 unspecified atom stereocenters. The van der Waals surface area contributed by atoms with Crippen LogP contribution >= 0.6 is 0 Å². The molecule has 2 N–H and O–H groups in total. The molecular formula is C26H36O18. The molecule has 2 saturated heterocycles. The average Bonchev–Trinajstić information content (AvgIpc) is 2.87. The molecule has 18 nitrogen and oxygen atoms in total. The maximum Gasteiger partial charge on any atom is 0.303 e. The third-order valence-corrected chi connectivity index (χ3v) is 6.16. The van der Waals surface area contributed by atoms with Crippen LogP contribution in [0.15, 0.2) is 0 Å². The van der Waals surface area contributed by atoms with Crippen molar-refractivity contribution in [2.24, 2.45) is 0 Å². The predicted molar refractivity (Wildman–Crippen MR) is 136 cm³/mol. The summed E-state index contributed by atoms with van der Waals surface area (Å²) in [5.41, 5.74) is 0. The second-order valence-corrected chi connectivity index (χ2v) is 9.87. The summed E-state index contributed by atoms with van der Waals surface area (Å²) in [4.78, 5) is 83.7. The van der Waals surface area contributed by atoms with E-state index in [2.05, 4.69) is 0 Å². The van der Waals surface area contributed by atoms with Crippen LogP contribution in [-0.4, -0.2) is 126 Å². The average molecular weight is 637 g/mol. The van der Waals surface area contributed by atoms with E-state index in [0.29, 0.717) is 0 Å². The van der Waals surface area contributed by atoms with E-state index < -0.39 is 116 Å². The lowest BCUT2D eigenvalue weighted by molar-refractivity contribution is -0.324. The summed E-state index contributed by atoms with van der Waals surface area (Å²) in [6.45, 7) is 6.36. The smallest absolute Gasteiger partial charge is 0.303 e. The van der Waals surface area contributed by atoms with Gasteiger partial charge in [0.15, 0.2) is 42.9 Å². The van der Waals surface area contributed by atoms with Gasteiger partial charge in [0, 0.05) is 48.5 Å². The van der Waals surface area contributed by atoms with E-state index in [0.717, 1.165) is 48.5 Å². The molecule has 0 aliphatic carbocycles. The number of carbonyl (C=O) groups is 7. The van der Waals surface area contributed by atoms with Crippen molar-refractivity contribution in [2.75, 3.05) is 6.61 Å². The molecule has 0 aromatic rings. The Morgan fingerprint density at radius 3 is 1.27 bits per heavy atom. The van der Waals surface area contributed by atoms with Gasteiger partial charge in [-0.15, -0.1) is 0 Å². The zero-order valence-corrected chi connectivity index (χ0v) is 25.0. The van der Waals surface area contributed by atoms with Gasteiger partial charge in [-0.2, -0.15) is 0 Å². The maximum atomic E-state index is 12.2. The topological polar surface area (TPSA) is 243 Å². The molecule has 0 aromatic heterocycles. The molecule has 0 aromatic carbocycles. The number of rotatable bonds is 10. The van der Waals surface area contributed by atoms with Gasteiger partial charge in [0.1, 0.15) is 31.0 Å². The Kier molecular flexibility index (Phi) is 13.0. The summed E-state index contributed by atoms with van der Waals surface area (Å²) < 4.78 is 47.9. The third-order valence-electron chi connectivity index (χ3n) is 6.16. The fraction of sp³-hybridized carbons (Fsp3) is 0.731. The van der Waals surface area contributed by atoms with Crippen molar-refractivity contribution in [3.05, 3.63) is 0 Å². The number of esters is 7. The highest BCUT2D eigenvalue weighted by Gasteiger charge is 2.60. The molecular weight excluding hydrogens is 600 g/mol. The molecule has 44 heavy (non-hydrogen) atoms. The highest BCUT2D eigenvalue weighted by atomic mass is 16.7. The van der Waals surface area contributed by atoms with E-state index in [1.165, 1.54) is 0 Å². The molecule has 2 rings (SSSR count). The van der Waals surface area contributed by atoms with Crippen molar-refractivity contribution >= 4 is 41.8 Å². The molecule has 2 aliphatic heterocycles. The Hall–Kier alpha value is -3.87. The van der Waals surface area contributed by atoms with E-state index >= 15 is 0 Å². The zero-order chi connectivity index (χ0) is 33.5. The first-order valence-electron chi connectivity index (χ1n) is 13.3. The minimum absolute atomic E-state index is 0.618. The summed E-state index contributed by atoms with van der Waals surface area (Å²) in [6, 6.07) is 0. The molecule has 0 saturated carbocycles. The van der Waals surface area contributed by atoms with Crippen LogP contribution in [0.4, 0.5) is 0 Å². The van der Waals surface area contributed by atoms with Crippen molar-refractivity contribution in [3.63, 3.8) is 0 Å². The van der Waals surface area contributed by atoms with E-state index in [-0.39, 0.29) is 0 Å². The number of aliphatic hydroxyl groups excluding tert-OH is 2. The minimum Gasteiger partial charge on any atom is -0.463 e. The third kappa shape index (κ3) is 9.83. The van der Waals surface area contributed by atoms with Gasteiger partial charge in [-0.3, -0.25) is 33.6 Å². The number of aliphatic hydroxyl groups is 2. The fourth-order valence-corrected chi connectivity index (χ4v) is 4.82. The van der Waals surface area contributed by atoms with Crippen LogP contribution in [-0.2, 0) is 76.2 Å². The summed E-state index contributed by atoms with van der Waals surface area (Å²) in [7, 11) is 0. The van der Waals surface area contributed by atoms with Gasteiger partial charge in [0.2, 0.25) is 0 Å². The van der Waals surface area contributed by atoms with Gasteiger partial charge in [-0.05, 0) is 0 Å². The highest BCUT2D eigenvalue weighted by Crippen LogP contribution is 2.36. The first-order chi connectivity index (χ1) is 20.4. The quantitative estimate of drug-likeness (QED) is 0.194. The fourth-order valence-electron chi connectivity index (χ4n) is 4.82. The second-order valence-electron chi connectivity index (χ2n) is 9.87. The Labute approximate surface area is 251 Å². The van der Waals surface area contributed by atoms with E-state index in [4.69, 9.17) is 42.6 Å². The lowest BCUT2D eigenvalue weighted by Gasteiger charge is -2.49. The summed E-state index contributed by atoms with van der Waals surface area (Å²) >= 11 is 0. The number of hydrogen-bond acceptors (Lipinski definition) is 18. The largest absolute Gasteiger partial charge is 0.463 e. The van der Waals surface area contributed by atoms with Gasteiger partial charge < -0.3 is 52.8 Å². The molecule has 0 bridgehead atoms. The minimum atomic E-state index is -2.11. The van der Waals surface area contributed by atoms with Crippen LogP contribution in [0.25, 0.3) is 0 Å².